The second-order valence-electron chi connectivity index (χ2n) is 5.48. The minimum absolute atomic E-state index is 0.201. The van der Waals surface area contributed by atoms with Crippen molar-refractivity contribution in [3.05, 3.63) is 54.6 Å². The van der Waals surface area contributed by atoms with Gasteiger partial charge < -0.3 is 5.32 Å². The maximum absolute atomic E-state index is 6.09. The summed E-state index contributed by atoms with van der Waals surface area (Å²) in [6.07, 6.45) is 0. The predicted molar refractivity (Wildman–Crippen MR) is 109 cm³/mol. The molecule has 102 valence electrons. The summed E-state index contributed by atoms with van der Waals surface area (Å²) in [5, 5.41) is 3.25. The molecule has 0 fully saturated rings. The first-order chi connectivity index (χ1) is 11.5. The molecule has 1 N–H and O–H groups in total. The molecule has 0 aliphatic carbocycles. The summed E-state index contributed by atoms with van der Waals surface area (Å²) in [7, 11) is 29.9. The van der Waals surface area contributed by atoms with Gasteiger partial charge in [0, 0.05) is 16.9 Å². The molecule has 0 atom stereocenters. The van der Waals surface area contributed by atoms with Crippen molar-refractivity contribution in [3.8, 4) is 11.1 Å². The number of hydrogen-bond acceptors (Lipinski definition) is 1. The number of rotatable bonds is 3. The smallest absolute Gasteiger partial charge is 0.115 e. The van der Waals surface area contributed by atoms with E-state index in [9.17, 15) is 0 Å². The van der Waals surface area contributed by atoms with E-state index in [0.29, 0.717) is 5.69 Å². The summed E-state index contributed by atoms with van der Waals surface area (Å²) in [5.41, 5.74) is 4.58. The van der Waals surface area contributed by atoms with Gasteiger partial charge in [-0.3, -0.25) is 0 Å². The number of anilines is 2. The second kappa shape index (κ2) is 6.72. The lowest BCUT2D eigenvalue weighted by molar-refractivity contribution is 1.56. The van der Waals surface area contributed by atoms with Gasteiger partial charge in [0.05, 0.1) is 0 Å². The van der Waals surface area contributed by atoms with E-state index >= 15 is 0 Å². The summed E-state index contributed by atoms with van der Waals surface area (Å²) in [4.78, 5) is 0. The first kappa shape index (κ1) is 16.6. The van der Waals surface area contributed by atoms with Gasteiger partial charge in [-0.1, -0.05) is 59.5 Å². The average Bonchev–Trinajstić information content (AvgIpc) is 2.63. The summed E-state index contributed by atoms with van der Waals surface area (Å²) in [5.74, 6) is 0. The molecule has 0 spiro atoms. The van der Waals surface area contributed by atoms with Crippen LogP contribution >= 0.6 is 0 Å². The molecule has 0 aromatic heterocycles. The molecule has 0 unspecified atom stereocenters. The third kappa shape index (κ3) is 2.93. The van der Waals surface area contributed by atoms with Crippen LogP contribution in [0.5, 0.6) is 0 Å². The van der Waals surface area contributed by atoms with E-state index in [1.54, 1.807) is 0 Å². The summed E-state index contributed by atoms with van der Waals surface area (Å²) < 4.78 is 0. The first-order valence-corrected chi connectivity index (χ1v) is 7.43. The molecule has 0 aliphatic heterocycles. The molecule has 3 aromatic carbocycles. The average molecular weight is 294 g/mol. The Kier molecular flexibility index (Phi) is 4.66. The highest BCUT2D eigenvalue weighted by atomic mass is 14.9. The molecular weight excluding hydrogens is 284 g/mol. The van der Waals surface area contributed by atoms with Crippen molar-refractivity contribution < 1.29 is 0 Å². The molecular formula is C18H10B5N. The van der Waals surface area contributed by atoms with Gasteiger partial charge in [-0.25, -0.2) is 0 Å². The molecule has 3 aromatic rings. The standard InChI is InChI=1S/C18H10B5N/c19-13-14(20)16(22)18(17(23)15(13)21)24-12-9-5-4-8-11(12)10-6-2-1-3-7-10/h1-9,24H. The summed E-state index contributed by atoms with van der Waals surface area (Å²) in [6, 6.07) is 17.8. The Morgan fingerprint density at radius 2 is 1.04 bits per heavy atom. The van der Waals surface area contributed by atoms with Crippen LogP contribution in [0.2, 0.25) is 0 Å². The zero-order chi connectivity index (χ0) is 17.3. The van der Waals surface area contributed by atoms with Crippen molar-refractivity contribution in [2.75, 3.05) is 5.32 Å². The third-order valence-corrected chi connectivity index (χ3v) is 3.97. The van der Waals surface area contributed by atoms with Crippen LogP contribution in [0.1, 0.15) is 0 Å². The fourth-order valence-electron chi connectivity index (χ4n) is 2.58. The molecule has 0 saturated heterocycles. The molecule has 3 rings (SSSR count). The fourth-order valence-corrected chi connectivity index (χ4v) is 2.58. The topological polar surface area (TPSA) is 12.0 Å². The number of benzene rings is 3. The highest BCUT2D eigenvalue weighted by Crippen LogP contribution is 2.28. The predicted octanol–water partition coefficient (Wildman–Crippen LogP) is -0.934. The van der Waals surface area contributed by atoms with Gasteiger partial charge >= 0.3 is 0 Å². The zero-order valence-electron chi connectivity index (χ0n) is 13.1. The van der Waals surface area contributed by atoms with Crippen LogP contribution < -0.4 is 32.6 Å². The number of para-hydroxylation sites is 1. The molecule has 0 bridgehead atoms. The largest absolute Gasteiger partial charge is 0.356 e. The zero-order valence-corrected chi connectivity index (χ0v) is 13.1. The molecule has 0 amide bonds. The Morgan fingerprint density at radius 1 is 0.542 bits per heavy atom. The maximum atomic E-state index is 6.09. The lowest BCUT2D eigenvalue weighted by Gasteiger charge is -2.23. The van der Waals surface area contributed by atoms with Gasteiger partial charge in [0.1, 0.15) is 39.2 Å². The van der Waals surface area contributed by atoms with Crippen LogP contribution in [0.4, 0.5) is 11.4 Å². The van der Waals surface area contributed by atoms with E-state index in [4.69, 9.17) is 39.2 Å². The molecule has 24 heavy (non-hydrogen) atoms. The van der Waals surface area contributed by atoms with Crippen molar-refractivity contribution in [3.63, 3.8) is 0 Å². The van der Waals surface area contributed by atoms with Crippen molar-refractivity contribution in [1.82, 2.24) is 0 Å². The van der Waals surface area contributed by atoms with Gasteiger partial charge in [0.2, 0.25) is 0 Å². The number of nitrogens with one attached hydrogen (secondary N) is 1. The Morgan fingerprint density at radius 3 is 1.67 bits per heavy atom. The SMILES string of the molecule is [B]c1c([B])c([B])c(Nc2ccccc2-c2ccccc2)c([B])c1[B]. The molecule has 1 nitrogen and oxygen atoms in total. The van der Waals surface area contributed by atoms with E-state index in [2.05, 4.69) is 5.32 Å². The monoisotopic (exact) mass is 295 g/mol. The summed E-state index contributed by atoms with van der Waals surface area (Å²) >= 11 is 0. The van der Waals surface area contributed by atoms with Gasteiger partial charge in [-0.2, -0.15) is 0 Å². The van der Waals surface area contributed by atoms with Crippen molar-refractivity contribution >= 4 is 77.9 Å². The van der Waals surface area contributed by atoms with Crippen molar-refractivity contribution in [2.24, 2.45) is 0 Å². The van der Waals surface area contributed by atoms with E-state index in [-0.39, 0.29) is 27.3 Å². The second-order valence-corrected chi connectivity index (χ2v) is 5.48. The van der Waals surface area contributed by atoms with E-state index < -0.39 is 0 Å². The Bertz CT molecular complexity index is 864. The highest BCUT2D eigenvalue weighted by Gasteiger charge is 2.12. The van der Waals surface area contributed by atoms with Crippen molar-refractivity contribution in [1.29, 1.82) is 0 Å². The highest BCUT2D eigenvalue weighted by molar-refractivity contribution is 6.68. The van der Waals surface area contributed by atoms with Crippen LogP contribution in [0.15, 0.2) is 54.6 Å². The van der Waals surface area contributed by atoms with E-state index in [1.807, 2.05) is 54.6 Å². The van der Waals surface area contributed by atoms with E-state index in [1.165, 1.54) is 0 Å². The van der Waals surface area contributed by atoms with Crippen molar-refractivity contribution in [2.45, 2.75) is 0 Å². The minimum atomic E-state index is 0.201. The van der Waals surface area contributed by atoms with Gasteiger partial charge in [0.15, 0.2) is 0 Å². The molecule has 0 heterocycles. The Hall–Kier alpha value is -2.22. The molecule has 10 radical (unpaired) electrons. The first-order valence-electron chi connectivity index (χ1n) is 7.43. The van der Waals surface area contributed by atoms with E-state index in [0.717, 1.165) is 16.8 Å². The Labute approximate surface area is 149 Å². The summed E-state index contributed by atoms with van der Waals surface area (Å²) in [6.45, 7) is 0. The fraction of sp³-hybridized carbons (Fsp3) is 0. The maximum Gasteiger partial charge on any atom is 0.115 e. The molecule has 6 heteroatoms. The Balaban J connectivity index is 2.12. The quantitative estimate of drug-likeness (QED) is 0.615. The minimum Gasteiger partial charge on any atom is -0.356 e. The van der Waals surface area contributed by atoms with Gasteiger partial charge in [-0.15, -0.1) is 16.4 Å². The molecule has 0 aliphatic rings. The molecule has 0 saturated carbocycles. The van der Waals surface area contributed by atoms with Gasteiger partial charge in [-0.05, 0) is 11.6 Å². The lowest BCUT2D eigenvalue weighted by atomic mass is 9.61. The van der Waals surface area contributed by atoms with Crippen LogP contribution in [0.3, 0.4) is 0 Å². The number of hydrogen-bond donors (Lipinski definition) is 1. The van der Waals surface area contributed by atoms with Crippen LogP contribution in [0.25, 0.3) is 11.1 Å². The van der Waals surface area contributed by atoms with Crippen LogP contribution in [-0.4, -0.2) is 39.2 Å². The van der Waals surface area contributed by atoms with Gasteiger partial charge in [0.25, 0.3) is 0 Å². The van der Waals surface area contributed by atoms with Crippen LogP contribution in [0, 0.1) is 0 Å². The van der Waals surface area contributed by atoms with Crippen LogP contribution in [-0.2, 0) is 0 Å². The third-order valence-electron chi connectivity index (χ3n) is 3.97. The lowest BCUT2D eigenvalue weighted by Crippen LogP contribution is -2.55. The normalized spacial score (nSPS) is 10.5.